The van der Waals surface area contributed by atoms with Crippen LogP contribution in [0.2, 0.25) is 0 Å². The number of aromatic nitrogens is 1. The Morgan fingerprint density at radius 3 is 2.12 bits per heavy atom. The van der Waals surface area contributed by atoms with E-state index in [1.807, 2.05) is 12.3 Å². The van der Waals surface area contributed by atoms with Crippen LogP contribution in [0, 0.1) is 6.07 Å². The van der Waals surface area contributed by atoms with E-state index in [0.717, 1.165) is 11.3 Å². The van der Waals surface area contributed by atoms with Crippen LogP contribution in [0.4, 0.5) is 0 Å². The Hall–Kier alpha value is -3.33. The van der Waals surface area contributed by atoms with E-state index in [1.54, 1.807) is 6.92 Å². The third-order valence-corrected chi connectivity index (χ3v) is 5.68. The Morgan fingerprint density at radius 2 is 1.45 bits per heavy atom. The number of carbonyl (C=O) groups excluding carboxylic acids is 1. The number of nitrogens with zero attached hydrogens (tertiary/aromatic N) is 1. The smallest absolute Gasteiger partial charge is 0.158 e. The molecule has 0 atom stereocenters. The number of hydrogen-bond donors (Lipinski definition) is 1. The van der Waals surface area contributed by atoms with Crippen LogP contribution in [-0.2, 0) is 24.9 Å². The van der Waals surface area contributed by atoms with E-state index in [1.165, 1.54) is 46.2 Å². The Kier molecular flexibility index (Phi) is 7.75. The van der Waals surface area contributed by atoms with E-state index < -0.39 is 0 Å². The van der Waals surface area contributed by atoms with Gasteiger partial charge >= 0.3 is 0 Å². The summed E-state index contributed by atoms with van der Waals surface area (Å²) in [7, 11) is 0. The average Bonchev–Trinajstić information content (AvgIpc) is 2.83. The monoisotopic (exact) mass is 611 g/mol. The molecule has 1 radical (unpaired) electrons. The van der Waals surface area contributed by atoms with E-state index in [0.29, 0.717) is 5.57 Å². The molecular weight excluding hydrogens is 587 g/mol. The van der Waals surface area contributed by atoms with Crippen molar-refractivity contribution in [2.24, 2.45) is 0 Å². The van der Waals surface area contributed by atoms with Gasteiger partial charge in [0.15, 0.2) is 5.78 Å². The van der Waals surface area contributed by atoms with Crippen molar-refractivity contribution < 1.29 is 30.0 Å². The molecule has 167 valence electrons. The van der Waals surface area contributed by atoms with Gasteiger partial charge in [0.1, 0.15) is 0 Å². The zero-order valence-electron chi connectivity index (χ0n) is 18.7. The average molecular weight is 611 g/mol. The summed E-state index contributed by atoms with van der Waals surface area (Å²) >= 11 is 0. The predicted octanol–water partition coefficient (Wildman–Crippen LogP) is 7.43. The molecule has 0 aliphatic carbocycles. The second kappa shape index (κ2) is 10.5. The molecule has 4 aromatic carbocycles. The van der Waals surface area contributed by atoms with Gasteiger partial charge < -0.3 is 10.1 Å². The van der Waals surface area contributed by atoms with Gasteiger partial charge in [-0.1, -0.05) is 66.0 Å². The summed E-state index contributed by atoms with van der Waals surface area (Å²) in [5, 5.41) is 16.0. The molecule has 0 fully saturated rings. The Labute approximate surface area is 207 Å². The van der Waals surface area contributed by atoms with Gasteiger partial charge in [0.2, 0.25) is 0 Å². The molecule has 0 aliphatic heterocycles. The summed E-state index contributed by atoms with van der Waals surface area (Å²) in [5.41, 5.74) is 2.46. The molecule has 0 aliphatic rings. The van der Waals surface area contributed by atoms with Crippen molar-refractivity contribution in [1.29, 1.82) is 0 Å². The van der Waals surface area contributed by atoms with Crippen LogP contribution < -0.4 is 0 Å². The molecule has 5 rings (SSSR count). The van der Waals surface area contributed by atoms with Gasteiger partial charge in [-0.15, -0.1) is 29.1 Å². The van der Waals surface area contributed by atoms with E-state index in [-0.39, 0.29) is 31.6 Å². The third-order valence-electron chi connectivity index (χ3n) is 5.68. The zero-order chi connectivity index (χ0) is 22.7. The molecule has 0 saturated carbocycles. The molecule has 1 N–H and O–H groups in total. The van der Waals surface area contributed by atoms with Crippen LogP contribution in [-0.4, -0.2) is 15.9 Å². The van der Waals surface area contributed by atoms with Gasteiger partial charge in [0.25, 0.3) is 0 Å². The molecule has 0 unspecified atom stereocenters. The number of fused-ring (bicyclic) bond motifs is 4. The van der Waals surface area contributed by atoms with Crippen molar-refractivity contribution in [2.45, 2.75) is 20.8 Å². The van der Waals surface area contributed by atoms with Crippen molar-refractivity contribution in [3.05, 3.63) is 102 Å². The molecule has 33 heavy (non-hydrogen) atoms. The number of rotatable bonds is 2. The number of aliphatic hydroxyl groups is 1. The molecule has 3 nitrogen and oxygen atoms in total. The van der Waals surface area contributed by atoms with Crippen LogP contribution in [0.1, 0.15) is 20.8 Å². The maximum atomic E-state index is 10.4. The molecule has 4 heteroatoms. The van der Waals surface area contributed by atoms with Gasteiger partial charge in [-0.2, -0.15) is 0 Å². The maximum absolute atomic E-state index is 10.4. The minimum Gasteiger partial charge on any atom is -0.512 e. The molecule has 0 bridgehead atoms. The second-order valence-electron chi connectivity index (χ2n) is 7.78. The molecular formula is C29H24IrNO2-. The Balaban J connectivity index is 0.000000297. The quantitative estimate of drug-likeness (QED) is 0.0979. The molecule has 1 aromatic heterocycles. The van der Waals surface area contributed by atoms with Gasteiger partial charge in [-0.25, -0.2) is 0 Å². The Bertz CT molecular complexity index is 1480. The number of ketones is 1. The molecule has 1 heterocycles. The van der Waals surface area contributed by atoms with Gasteiger partial charge in [0, 0.05) is 31.9 Å². The van der Waals surface area contributed by atoms with Crippen molar-refractivity contribution in [3.63, 3.8) is 0 Å². The van der Waals surface area contributed by atoms with Crippen LogP contribution in [0.5, 0.6) is 0 Å². The molecule has 5 aromatic rings. The normalized spacial score (nSPS) is 11.4. The number of Topliss-reactive ketones (excluding diaryl/α,β-unsaturated/α-hetero) is 1. The van der Waals surface area contributed by atoms with Crippen molar-refractivity contribution in [1.82, 2.24) is 4.98 Å². The summed E-state index contributed by atoms with van der Waals surface area (Å²) in [5.74, 6) is 0.0301. The second-order valence-corrected chi connectivity index (χ2v) is 7.78. The molecule has 0 amide bonds. The zero-order valence-corrected chi connectivity index (χ0v) is 21.1. The SMILES string of the molecule is CC(=O)/C(C)=C(/C)O.[Ir].[c-]1cc2ccccc2cc1-c1nccc2c1ccc1ccccc12. The number of aliphatic hydroxyl groups excluding tert-OH is 1. The molecule has 0 saturated heterocycles. The van der Waals surface area contributed by atoms with Gasteiger partial charge in [0.05, 0.1) is 5.76 Å². The number of allylic oxidation sites excluding steroid dienone is 2. The standard InChI is InChI=1S/C23H14N.C6H10O2.Ir/c1-2-7-18-15-19(10-9-16(18)5-1)23-22-12-11-17-6-3-4-8-20(17)21(22)13-14-24-23;1-4(5(2)7)6(3)8;/h1-9,11-15H;7H,1-3H3;/q-1;;/b;5-4-;. The third kappa shape index (κ3) is 5.19. The minimum atomic E-state index is -0.0787. The topological polar surface area (TPSA) is 50.2 Å². The van der Waals surface area contributed by atoms with Crippen LogP contribution in [0.25, 0.3) is 43.6 Å². The predicted molar refractivity (Wildman–Crippen MR) is 133 cm³/mol. The fourth-order valence-corrected chi connectivity index (χ4v) is 3.67. The first-order valence-corrected chi connectivity index (χ1v) is 10.5. The van der Waals surface area contributed by atoms with Crippen LogP contribution in [0.15, 0.2) is 96.4 Å². The van der Waals surface area contributed by atoms with Gasteiger partial charge in [-0.3, -0.25) is 4.79 Å². The van der Waals surface area contributed by atoms with E-state index in [4.69, 9.17) is 5.11 Å². The van der Waals surface area contributed by atoms with Crippen LogP contribution in [0.3, 0.4) is 0 Å². The van der Waals surface area contributed by atoms with E-state index in [2.05, 4.69) is 83.8 Å². The number of pyridine rings is 1. The minimum absolute atomic E-state index is 0. The maximum Gasteiger partial charge on any atom is 0.158 e. The summed E-state index contributed by atoms with van der Waals surface area (Å²) in [6.45, 7) is 4.52. The summed E-state index contributed by atoms with van der Waals surface area (Å²) < 4.78 is 0. The van der Waals surface area contributed by atoms with Gasteiger partial charge in [-0.05, 0) is 54.1 Å². The Morgan fingerprint density at radius 1 is 0.788 bits per heavy atom. The van der Waals surface area contributed by atoms with Crippen molar-refractivity contribution in [3.8, 4) is 11.3 Å². The number of carbonyl (C=O) groups is 1. The van der Waals surface area contributed by atoms with E-state index >= 15 is 0 Å². The first-order chi connectivity index (χ1) is 15.5. The van der Waals surface area contributed by atoms with Crippen molar-refractivity contribution >= 4 is 38.1 Å². The first kappa shape index (κ1) is 24.3. The first-order valence-electron chi connectivity index (χ1n) is 10.5. The van der Waals surface area contributed by atoms with Crippen molar-refractivity contribution in [2.75, 3.05) is 0 Å². The summed E-state index contributed by atoms with van der Waals surface area (Å²) in [6, 6.07) is 30.9. The number of benzene rings is 4. The summed E-state index contributed by atoms with van der Waals surface area (Å²) in [4.78, 5) is 15.0. The summed E-state index contributed by atoms with van der Waals surface area (Å²) in [6.07, 6.45) is 1.90. The molecule has 0 spiro atoms. The van der Waals surface area contributed by atoms with Crippen LogP contribution >= 0.6 is 0 Å². The fraction of sp³-hybridized carbons (Fsp3) is 0.103. The largest absolute Gasteiger partial charge is 0.512 e. The van der Waals surface area contributed by atoms with E-state index in [9.17, 15) is 4.79 Å². The fourth-order valence-electron chi connectivity index (χ4n) is 3.67. The number of hydrogen-bond acceptors (Lipinski definition) is 3.